The molecule has 1 aromatic heterocycles. The van der Waals surface area contributed by atoms with E-state index in [-0.39, 0.29) is 5.91 Å². The molecule has 78 valence electrons. The van der Waals surface area contributed by atoms with Crippen LogP contribution in [0.25, 0.3) is 0 Å². The predicted molar refractivity (Wildman–Crippen MR) is 57.1 cm³/mol. The number of carbonyl (C=O) groups is 1. The number of amides is 1. The summed E-state index contributed by atoms with van der Waals surface area (Å²) in [4.78, 5) is 16.5. The number of nitrogens with zero attached hydrogens (tertiary/aromatic N) is 1. The molecule has 3 N–H and O–H groups in total. The lowest BCUT2D eigenvalue weighted by Gasteiger charge is -2.06. The van der Waals surface area contributed by atoms with Crippen molar-refractivity contribution in [2.75, 3.05) is 0 Å². The second kappa shape index (κ2) is 4.52. The highest BCUT2D eigenvalue weighted by Gasteiger charge is 2.09. The number of rotatable bonds is 3. The highest BCUT2D eigenvalue weighted by Crippen LogP contribution is 2.16. The summed E-state index contributed by atoms with van der Waals surface area (Å²) < 4.78 is 0. The van der Waals surface area contributed by atoms with E-state index < -0.39 is 6.04 Å². The monoisotopic (exact) mass is 213 g/mol. The SMILES string of the molecule is Cc1nc(C)c(CNC(=O)C(C)N)s1. The molecule has 0 aliphatic rings. The van der Waals surface area contributed by atoms with Crippen LogP contribution in [0.15, 0.2) is 0 Å². The number of hydrogen-bond donors (Lipinski definition) is 2. The zero-order valence-electron chi connectivity index (χ0n) is 8.63. The topological polar surface area (TPSA) is 68.0 Å². The summed E-state index contributed by atoms with van der Waals surface area (Å²) in [5.74, 6) is -0.129. The zero-order chi connectivity index (χ0) is 10.7. The largest absolute Gasteiger partial charge is 0.350 e. The summed E-state index contributed by atoms with van der Waals surface area (Å²) in [6.07, 6.45) is 0. The molecule has 0 fully saturated rings. The standard InChI is InChI=1S/C9H15N3OS/c1-5(10)9(13)11-4-8-6(2)12-7(3)14-8/h5H,4,10H2,1-3H3,(H,11,13). The number of aryl methyl sites for hydroxylation is 2. The first-order chi connectivity index (χ1) is 6.50. The Hall–Kier alpha value is -0.940. The van der Waals surface area contributed by atoms with Crippen LogP contribution < -0.4 is 11.1 Å². The number of nitrogens with two attached hydrogens (primary N) is 1. The van der Waals surface area contributed by atoms with Crippen molar-refractivity contribution in [3.8, 4) is 0 Å². The van der Waals surface area contributed by atoms with E-state index in [0.717, 1.165) is 15.6 Å². The van der Waals surface area contributed by atoms with Crippen LogP contribution in [0.2, 0.25) is 0 Å². The quantitative estimate of drug-likeness (QED) is 0.777. The normalized spacial score (nSPS) is 12.6. The maximum absolute atomic E-state index is 11.2. The zero-order valence-corrected chi connectivity index (χ0v) is 9.44. The number of nitrogens with one attached hydrogen (secondary N) is 1. The third kappa shape index (κ3) is 2.78. The first-order valence-electron chi connectivity index (χ1n) is 4.47. The van der Waals surface area contributed by atoms with E-state index in [0.29, 0.717) is 6.54 Å². The van der Waals surface area contributed by atoms with Gasteiger partial charge in [0.1, 0.15) is 0 Å². The molecule has 1 heterocycles. The Labute approximate surface area is 87.5 Å². The van der Waals surface area contributed by atoms with Gasteiger partial charge < -0.3 is 11.1 Å². The lowest BCUT2D eigenvalue weighted by molar-refractivity contribution is -0.122. The van der Waals surface area contributed by atoms with Crippen LogP contribution >= 0.6 is 11.3 Å². The Balaban J connectivity index is 2.54. The van der Waals surface area contributed by atoms with Gasteiger partial charge in [-0.1, -0.05) is 0 Å². The smallest absolute Gasteiger partial charge is 0.236 e. The summed E-state index contributed by atoms with van der Waals surface area (Å²) in [5, 5.41) is 3.78. The molecular weight excluding hydrogens is 198 g/mol. The van der Waals surface area contributed by atoms with Gasteiger partial charge in [0.25, 0.3) is 0 Å². The van der Waals surface area contributed by atoms with Gasteiger partial charge in [0, 0.05) is 4.88 Å². The summed E-state index contributed by atoms with van der Waals surface area (Å²) in [5.41, 5.74) is 6.40. The minimum Gasteiger partial charge on any atom is -0.350 e. The van der Waals surface area contributed by atoms with Crippen molar-refractivity contribution >= 4 is 17.2 Å². The van der Waals surface area contributed by atoms with Crippen molar-refractivity contribution < 1.29 is 4.79 Å². The van der Waals surface area contributed by atoms with Gasteiger partial charge in [0.05, 0.1) is 23.3 Å². The second-order valence-electron chi connectivity index (χ2n) is 3.25. The van der Waals surface area contributed by atoms with Crippen molar-refractivity contribution in [3.05, 3.63) is 15.6 Å². The van der Waals surface area contributed by atoms with Crippen LogP contribution in [0.5, 0.6) is 0 Å². The van der Waals surface area contributed by atoms with Gasteiger partial charge in [0.2, 0.25) is 5.91 Å². The predicted octanol–water partition coefficient (Wildman–Crippen LogP) is 0.723. The number of hydrogen-bond acceptors (Lipinski definition) is 4. The van der Waals surface area contributed by atoms with Gasteiger partial charge in [-0.3, -0.25) is 4.79 Å². The lowest BCUT2D eigenvalue weighted by atomic mass is 10.3. The van der Waals surface area contributed by atoms with Gasteiger partial charge >= 0.3 is 0 Å². The van der Waals surface area contributed by atoms with Crippen molar-refractivity contribution in [2.24, 2.45) is 5.73 Å². The molecule has 0 saturated carbocycles. The van der Waals surface area contributed by atoms with E-state index in [9.17, 15) is 4.79 Å². The molecule has 0 aromatic carbocycles. The molecular formula is C9H15N3OS. The minimum atomic E-state index is -0.454. The first kappa shape index (κ1) is 11.1. The van der Waals surface area contributed by atoms with Gasteiger partial charge in [-0.05, 0) is 20.8 Å². The average molecular weight is 213 g/mol. The van der Waals surface area contributed by atoms with Crippen molar-refractivity contribution in [2.45, 2.75) is 33.4 Å². The van der Waals surface area contributed by atoms with Crippen LogP contribution in [0, 0.1) is 13.8 Å². The lowest BCUT2D eigenvalue weighted by Crippen LogP contribution is -2.37. The summed E-state index contributed by atoms with van der Waals surface area (Å²) in [7, 11) is 0. The maximum atomic E-state index is 11.2. The van der Waals surface area contributed by atoms with E-state index in [1.54, 1.807) is 18.3 Å². The maximum Gasteiger partial charge on any atom is 0.236 e. The van der Waals surface area contributed by atoms with E-state index >= 15 is 0 Å². The molecule has 1 rings (SSSR count). The Bertz CT molecular complexity index is 333. The molecule has 1 unspecified atom stereocenters. The van der Waals surface area contributed by atoms with Crippen LogP contribution in [-0.2, 0) is 11.3 Å². The fourth-order valence-electron chi connectivity index (χ4n) is 1.07. The molecule has 1 aromatic rings. The Morgan fingerprint density at radius 3 is 2.71 bits per heavy atom. The van der Waals surface area contributed by atoms with Crippen LogP contribution in [0.3, 0.4) is 0 Å². The molecule has 0 radical (unpaired) electrons. The Morgan fingerprint density at radius 1 is 1.64 bits per heavy atom. The van der Waals surface area contributed by atoms with Crippen molar-refractivity contribution in [3.63, 3.8) is 0 Å². The fourth-order valence-corrected chi connectivity index (χ4v) is 1.94. The van der Waals surface area contributed by atoms with E-state index in [4.69, 9.17) is 5.73 Å². The number of aromatic nitrogens is 1. The van der Waals surface area contributed by atoms with Crippen molar-refractivity contribution in [1.29, 1.82) is 0 Å². The molecule has 5 heteroatoms. The van der Waals surface area contributed by atoms with Crippen LogP contribution in [0.1, 0.15) is 22.5 Å². The molecule has 0 spiro atoms. The highest BCUT2D eigenvalue weighted by atomic mass is 32.1. The molecule has 0 bridgehead atoms. The molecule has 4 nitrogen and oxygen atoms in total. The molecule has 1 amide bonds. The Morgan fingerprint density at radius 2 is 2.29 bits per heavy atom. The fraction of sp³-hybridized carbons (Fsp3) is 0.556. The number of thiazole rings is 1. The summed E-state index contributed by atoms with van der Waals surface area (Å²) in [6.45, 7) is 6.09. The average Bonchev–Trinajstić information content (AvgIpc) is 2.40. The van der Waals surface area contributed by atoms with Gasteiger partial charge in [0.15, 0.2) is 0 Å². The molecule has 0 aliphatic heterocycles. The number of carbonyl (C=O) groups excluding carboxylic acids is 1. The molecule has 1 atom stereocenters. The van der Waals surface area contributed by atoms with Gasteiger partial charge in [-0.15, -0.1) is 11.3 Å². The third-order valence-electron chi connectivity index (χ3n) is 1.84. The van der Waals surface area contributed by atoms with Gasteiger partial charge in [-0.25, -0.2) is 4.98 Å². The Kier molecular flexibility index (Phi) is 3.60. The van der Waals surface area contributed by atoms with E-state index in [1.807, 2.05) is 13.8 Å². The summed E-state index contributed by atoms with van der Waals surface area (Å²) >= 11 is 1.60. The van der Waals surface area contributed by atoms with Crippen LogP contribution in [0.4, 0.5) is 0 Å². The van der Waals surface area contributed by atoms with Crippen LogP contribution in [-0.4, -0.2) is 16.9 Å². The molecule has 0 aliphatic carbocycles. The second-order valence-corrected chi connectivity index (χ2v) is 4.54. The summed E-state index contributed by atoms with van der Waals surface area (Å²) in [6, 6.07) is -0.454. The minimum absolute atomic E-state index is 0.129. The van der Waals surface area contributed by atoms with E-state index in [1.165, 1.54) is 0 Å². The van der Waals surface area contributed by atoms with Gasteiger partial charge in [-0.2, -0.15) is 0 Å². The molecule has 14 heavy (non-hydrogen) atoms. The third-order valence-corrected chi connectivity index (χ3v) is 2.91. The first-order valence-corrected chi connectivity index (χ1v) is 5.28. The highest BCUT2D eigenvalue weighted by molar-refractivity contribution is 7.11. The van der Waals surface area contributed by atoms with Crippen molar-refractivity contribution in [1.82, 2.24) is 10.3 Å². The van der Waals surface area contributed by atoms with E-state index in [2.05, 4.69) is 10.3 Å². The molecule has 0 saturated heterocycles.